The van der Waals surface area contributed by atoms with Gasteiger partial charge in [0.2, 0.25) is 10.2 Å². The minimum Gasteiger partial charge on any atom is -0.353 e. The molecular weight excluding hydrogens is 299 g/mol. The molecule has 2 N–H and O–H groups in total. The van der Waals surface area contributed by atoms with Crippen molar-refractivity contribution in [2.24, 2.45) is 0 Å². The molecule has 0 aromatic heterocycles. The van der Waals surface area contributed by atoms with Crippen LogP contribution in [-0.4, -0.2) is 44.7 Å². The maximum Gasteiger partial charge on any atom is 0.218 e. The van der Waals surface area contributed by atoms with Crippen molar-refractivity contribution in [1.82, 2.24) is 10.2 Å². The second-order valence-corrected chi connectivity index (χ2v) is 7.90. The molecule has 20 heavy (non-hydrogen) atoms. The highest BCUT2D eigenvalue weighted by atomic mass is 32.3. The highest BCUT2D eigenvalue weighted by molar-refractivity contribution is 7.98. The summed E-state index contributed by atoms with van der Waals surface area (Å²) in [5.74, 6) is 0.294. The van der Waals surface area contributed by atoms with Gasteiger partial charge < -0.3 is 10.2 Å². The summed E-state index contributed by atoms with van der Waals surface area (Å²) in [6.07, 6.45) is 0.734. The van der Waals surface area contributed by atoms with Crippen LogP contribution in [0.4, 0.5) is 4.39 Å². The number of halogens is 1. The molecule has 108 valence electrons. The highest BCUT2D eigenvalue weighted by Crippen LogP contribution is 2.27. The average Bonchev–Trinajstić information content (AvgIpc) is 2.80. The Balaban J connectivity index is 1.66. The van der Waals surface area contributed by atoms with Crippen molar-refractivity contribution in [3.63, 3.8) is 0 Å². The number of thiocarbonyl (C=S) groups is 1. The SMILES string of the molecule is O=[S+]1(O)C[C@@H]2NC(=S)N(CCc3ccc(F)cc3)[C@H]2C1. The van der Waals surface area contributed by atoms with Gasteiger partial charge in [-0.3, -0.25) is 0 Å². The molecule has 1 unspecified atom stereocenters. The third kappa shape index (κ3) is 2.70. The fourth-order valence-electron chi connectivity index (χ4n) is 2.85. The molecule has 2 fully saturated rings. The smallest absolute Gasteiger partial charge is 0.218 e. The van der Waals surface area contributed by atoms with E-state index >= 15 is 0 Å². The number of hydrogen-bond acceptors (Lipinski definition) is 2. The number of nitrogens with zero attached hydrogens (tertiary/aromatic N) is 1. The molecule has 0 amide bonds. The topological polar surface area (TPSA) is 52.6 Å². The number of rotatable bonds is 3. The maximum absolute atomic E-state index is 12.9. The van der Waals surface area contributed by atoms with Gasteiger partial charge in [-0.15, -0.1) is 0 Å². The van der Waals surface area contributed by atoms with E-state index in [0.29, 0.717) is 11.7 Å². The van der Waals surface area contributed by atoms with Crippen molar-refractivity contribution < 1.29 is 13.2 Å². The van der Waals surface area contributed by atoms with Crippen molar-refractivity contribution in [3.05, 3.63) is 35.6 Å². The van der Waals surface area contributed by atoms with E-state index in [1.165, 1.54) is 12.1 Å². The summed E-state index contributed by atoms with van der Waals surface area (Å²) in [4.78, 5) is 1.99. The lowest BCUT2D eigenvalue weighted by atomic mass is 10.1. The summed E-state index contributed by atoms with van der Waals surface area (Å²) in [5, 5.41) is 3.78. The fraction of sp³-hybridized carbons (Fsp3) is 0.462. The van der Waals surface area contributed by atoms with E-state index < -0.39 is 10.2 Å². The van der Waals surface area contributed by atoms with Crippen LogP contribution in [0.5, 0.6) is 0 Å². The minimum atomic E-state index is -2.71. The van der Waals surface area contributed by atoms with Crippen molar-refractivity contribution in [3.8, 4) is 0 Å². The lowest BCUT2D eigenvalue weighted by molar-refractivity contribution is 0.357. The Bertz CT molecular complexity index is 578. The molecule has 0 bridgehead atoms. The predicted octanol–water partition coefficient (Wildman–Crippen LogP) is 1.28. The molecule has 2 aliphatic rings. The van der Waals surface area contributed by atoms with Gasteiger partial charge in [-0.1, -0.05) is 16.3 Å². The van der Waals surface area contributed by atoms with Gasteiger partial charge in [0.05, 0.1) is 0 Å². The van der Waals surface area contributed by atoms with E-state index in [1.807, 2.05) is 4.90 Å². The molecule has 1 aromatic rings. The van der Waals surface area contributed by atoms with Crippen LogP contribution in [0.15, 0.2) is 24.3 Å². The van der Waals surface area contributed by atoms with Crippen LogP contribution >= 0.6 is 12.2 Å². The standard InChI is InChI=1S/C13H15FN2O2S2/c14-10-3-1-9(2-4-10)5-6-16-12-8-20(17,18)7-11(12)15-13(16)19/h1-4,11-12H,5-8H2,(H-,15,17,18,19)/p+1/t11-,12-/m0/s1. The molecule has 0 saturated carbocycles. The Kier molecular flexibility index (Phi) is 3.51. The molecule has 2 aliphatic heterocycles. The second-order valence-electron chi connectivity index (χ2n) is 5.30. The summed E-state index contributed by atoms with van der Waals surface area (Å²) < 4.78 is 34.3. The molecule has 0 spiro atoms. The Labute approximate surface area is 123 Å². The van der Waals surface area contributed by atoms with Crippen LogP contribution in [0.2, 0.25) is 0 Å². The monoisotopic (exact) mass is 315 g/mol. The van der Waals surface area contributed by atoms with Gasteiger partial charge in [-0.2, -0.15) is 4.55 Å². The molecule has 2 heterocycles. The Morgan fingerprint density at radius 3 is 2.80 bits per heavy atom. The van der Waals surface area contributed by atoms with Gasteiger partial charge in [-0.05, 0) is 36.3 Å². The minimum absolute atomic E-state index is 0.000415. The van der Waals surface area contributed by atoms with Crippen LogP contribution in [0.3, 0.4) is 0 Å². The van der Waals surface area contributed by atoms with Crippen LogP contribution < -0.4 is 5.32 Å². The maximum atomic E-state index is 12.9. The summed E-state index contributed by atoms with van der Waals surface area (Å²) in [6, 6.07) is 6.37. The lowest BCUT2D eigenvalue weighted by Gasteiger charge is -2.21. The zero-order chi connectivity index (χ0) is 14.3. The summed E-state index contributed by atoms with van der Waals surface area (Å²) in [5.41, 5.74) is 1.03. The van der Waals surface area contributed by atoms with Gasteiger partial charge >= 0.3 is 0 Å². The molecular formula is C13H16FN2O2S2+. The van der Waals surface area contributed by atoms with E-state index in [-0.39, 0.29) is 29.4 Å². The number of benzene rings is 1. The first kappa shape index (κ1) is 13.9. The summed E-state index contributed by atoms with van der Waals surface area (Å²) in [7, 11) is -2.71. The molecule has 3 atom stereocenters. The van der Waals surface area contributed by atoms with Crippen molar-refractivity contribution in [2.45, 2.75) is 18.5 Å². The molecule has 7 heteroatoms. The third-order valence-electron chi connectivity index (χ3n) is 3.86. The van der Waals surface area contributed by atoms with Crippen LogP contribution in [-0.2, 0) is 20.8 Å². The van der Waals surface area contributed by atoms with Gasteiger partial charge in [0, 0.05) is 6.54 Å². The Morgan fingerprint density at radius 2 is 2.10 bits per heavy atom. The number of nitrogens with one attached hydrogen (secondary N) is 1. The zero-order valence-corrected chi connectivity index (χ0v) is 12.4. The average molecular weight is 315 g/mol. The first-order valence-electron chi connectivity index (χ1n) is 6.48. The van der Waals surface area contributed by atoms with Gasteiger partial charge in [0.15, 0.2) is 16.6 Å². The van der Waals surface area contributed by atoms with E-state index in [0.717, 1.165) is 12.0 Å². The van der Waals surface area contributed by atoms with E-state index in [9.17, 15) is 13.2 Å². The van der Waals surface area contributed by atoms with Crippen LogP contribution in [0.1, 0.15) is 5.56 Å². The molecule has 2 saturated heterocycles. The largest absolute Gasteiger partial charge is 0.353 e. The quantitative estimate of drug-likeness (QED) is 0.650. The summed E-state index contributed by atoms with van der Waals surface area (Å²) in [6.45, 7) is 0.675. The zero-order valence-electron chi connectivity index (χ0n) is 10.8. The summed E-state index contributed by atoms with van der Waals surface area (Å²) >= 11 is 5.29. The first-order chi connectivity index (χ1) is 9.44. The van der Waals surface area contributed by atoms with Crippen molar-refractivity contribution in [1.29, 1.82) is 0 Å². The van der Waals surface area contributed by atoms with Crippen LogP contribution in [0, 0.1) is 5.82 Å². The van der Waals surface area contributed by atoms with Gasteiger partial charge in [0.1, 0.15) is 17.9 Å². The molecule has 0 radical (unpaired) electrons. The Hall–Kier alpha value is -1.05. The molecule has 1 aromatic carbocycles. The molecule has 0 aliphatic carbocycles. The first-order valence-corrected chi connectivity index (χ1v) is 8.74. The lowest BCUT2D eigenvalue weighted by Crippen LogP contribution is -2.38. The highest BCUT2D eigenvalue weighted by Gasteiger charge is 2.53. The van der Waals surface area contributed by atoms with Gasteiger partial charge in [-0.25, -0.2) is 4.39 Å². The molecule has 4 nitrogen and oxygen atoms in total. The van der Waals surface area contributed by atoms with E-state index in [4.69, 9.17) is 12.2 Å². The Morgan fingerprint density at radius 1 is 1.40 bits per heavy atom. The van der Waals surface area contributed by atoms with E-state index in [1.54, 1.807) is 12.1 Å². The normalized spacial score (nSPS) is 32.3. The van der Waals surface area contributed by atoms with Gasteiger partial charge in [0.25, 0.3) is 0 Å². The third-order valence-corrected chi connectivity index (χ3v) is 5.96. The van der Waals surface area contributed by atoms with Crippen LogP contribution in [0.25, 0.3) is 0 Å². The molecule has 3 rings (SSSR count). The number of fused-ring (bicyclic) bond motifs is 1. The number of hydrogen-bond donors (Lipinski definition) is 2. The van der Waals surface area contributed by atoms with E-state index in [2.05, 4.69) is 5.32 Å². The second kappa shape index (κ2) is 5.05. The van der Waals surface area contributed by atoms with Crippen molar-refractivity contribution in [2.75, 3.05) is 18.1 Å². The fourth-order valence-corrected chi connectivity index (χ4v) is 5.17. The predicted molar refractivity (Wildman–Crippen MR) is 80.5 cm³/mol. The van der Waals surface area contributed by atoms with Crippen molar-refractivity contribution >= 4 is 27.5 Å².